The molecule has 0 saturated heterocycles. The standard InChI is InChI=1S/C12H17N3O5/c1-3-14-7-9(15(19)20)5-10(14)12(18)13-6-8(2)4-11(16)17/h5,7-8H,3-4,6H2,1-2H3,(H,13,18)(H,16,17). The van der Waals surface area contributed by atoms with Crippen molar-refractivity contribution in [2.75, 3.05) is 6.54 Å². The van der Waals surface area contributed by atoms with Crippen LogP contribution in [0.2, 0.25) is 0 Å². The van der Waals surface area contributed by atoms with Crippen LogP contribution in [0.4, 0.5) is 5.69 Å². The predicted molar refractivity (Wildman–Crippen MR) is 70.5 cm³/mol. The smallest absolute Gasteiger partial charge is 0.303 e. The number of carbonyl (C=O) groups is 2. The monoisotopic (exact) mass is 283 g/mol. The lowest BCUT2D eigenvalue weighted by molar-refractivity contribution is -0.384. The van der Waals surface area contributed by atoms with E-state index in [2.05, 4.69) is 5.32 Å². The number of aryl methyl sites for hydroxylation is 1. The molecule has 0 bridgehead atoms. The van der Waals surface area contributed by atoms with Gasteiger partial charge in [0, 0.05) is 25.6 Å². The highest BCUT2D eigenvalue weighted by molar-refractivity contribution is 5.93. The molecule has 1 amide bonds. The summed E-state index contributed by atoms with van der Waals surface area (Å²) in [6.45, 7) is 4.11. The fourth-order valence-corrected chi connectivity index (χ4v) is 1.77. The molecule has 0 aliphatic carbocycles. The van der Waals surface area contributed by atoms with Crippen LogP contribution >= 0.6 is 0 Å². The summed E-state index contributed by atoms with van der Waals surface area (Å²) in [5.41, 5.74) is 0.0531. The van der Waals surface area contributed by atoms with Crippen molar-refractivity contribution in [1.29, 1.82) is 0 Å². The summed E-state index contributed by atoms with van der Waals surface area (Å²) in [5.74, 6) is -1.59. The van der Waals surface area contributed by atoms with Gasteiger partial charge in [-0.05, 0) is 12.8 Å². The van der Waals surface area contributed by atoms with Crippen LogP contribution in [-0.4, -0.2) is 33.0 Å². The zero-order valence-corrected chi connectivity index (χ0v) is 11.3. The van der Waals surface area contributed by atoms with Gasteiger partial charge in [0.25, 0.3) is 11.6 Å². The summed E-state index contributed by atoms with van der Waals surface area (Å²) < 4.78 is 1.48. The molecule has 0 aliphatic heterocycles. The van der Waals surface area contributed by atoms with E-state index in [-0.39, 0.29) is 30.3 Å². The van der Waals surface area contributed by atoms with Crippen molar-refractivity contribution < 1.29 is 19.6 Å². The van der Waals surface area contributed by atoms with Crippen LogP contribution in [0.1, 0.15) is 30.8 Å². The first-order chi connectivity index (χ1) is 9.35. The first-order valence-corrected chi connectivity index (χ1v) is 6.19. The Hall–Kier alpha value is -2.38. The Labute approximate surface area is 115 Å². The van der Waals surface area contributed by atoms with E-state index in [4.69, 9.17) is 5.11 Å². The number of carboxylic acids is 1. The van der Waals surface area contributed by atoms with Crippen molar-refractivity contribution in [2.24, 2.45) is 5.92 Å². The van der Waals surface area contributed by atoms with E-state index in [9.17, 15) is 19.7 Å². The summed E-state index contributed by atoms with van der Waals surface area (Å²) in [4.78, 5) is 32.6. The van der Waals surface area contributed by atoms with Gasteiger partial charge in [-0.15, -0.1) is 0 Å². The second kappa shape index (κ2) is 6.69. The van der Waals surface area contributed by atoms with Crippen molar-refractivity contribution >= 4 is 17.6 Å². The van der Waals surface area contributed by atoms with Crippen LogP contribution in [0.3, 0.4) is 0 Å². The van der Waals surface area contributed by atoms with Crippen LogP contribution in [0.5, 0.6) is 0 Å². The quantitative estimate of drug-likeness (QED) is 0.577. The molecule has 0 aliphatic rings. The van der Waals surface area contributed by atoms with Gasteiger partial charge in [0.15, 0.2) is 0 Å². The van der Waals surface area contributed by atoms with Crippen molar-refractivity contribution in [3.05, 3.63) is 28.1 Å². The Balaban J connectivity index is 2.72. The number of nitrogens with zero attached hydrogens (tertiary/aromatic N) is 2. The maximum absolute atomic E-state index is 11.9. The average molecular weight is 283 g/mol. The predicted octanol–water partition coefficient (Wildman–Crippen LogP) is 1.26. The van der Waals surface area contributed by atoms with Gasteiger partial charge in [-0.3, -0.25) is 19.7 Å². The van der Waals surface area contributed by atoms with Crippen LogP contribution in [0.15, 0.2) is 12.3 Å². The Bertz CT molecular complexity index is 523. The van der Waals surface area contributed by atoms with Gasteiger partial charge in [0.2, 0.25) is 0 Å². The van der Waals surface area contributed by atoms with Gasteiger partial charge in [0.1, 0.15) is 5.69 Å². The molecule has 1 heterocycles. The number of hydrogen-bond donors (Lipinski definition) is 2. The molecule has 8 heteroatoms. The molecular formula is C12H17N3O5. The molecule has 1 atom stereocenters. The zero-order valence-electron chi connectivity index (χ0n) is 11.3. The molecule has 0 aromatic carbocycles. The highest BCUT2D eigenvalue weighted by atomic mass is 16.6. The first kappa shape index (κ1) is 15.7. The molecule has 8 nitrogen and oxygen atoms in total. The second-order valence-corrected chi connectivity index (χ2v) is 4.54. The van der Waals surface area contributed by atoms with Crippen LogP contribution < -0.4 is 5.32 Å². The molecule has 0 radical (unpaired) electrons. The maximum Gasteiger partial charge on any atom is 0.303 e. The SMILES string of the molecule is CCn1cc([N+](=O)[O-])cc1C(=O)NCC(C)CC(=O)O. The topological polar surface area (TPSA) is 114 Å². The number of aliphatic carboxylic acids is 1. The molecule has 0 fully saturated rings. The minimum atomic E-state index is -0.931. The average Bonchev–Trinajstić information content (AvgIpc) is 2.79. The maximum atomic E-state index is 11.9. The number of amides is 1. The van der Waals surface area contributed by atoms with Crippen molar-refractivity contribution in [3.63, 3.8) is 0 Å². The Morgan fingerprint density at radius 1 is 1.55 bits per heavy atom. The molecule has 0 spiro atoms. The highest BCUT2D eigenvalue weighted by Crippen LogP contribution is 2.16. The van der Waals surface area contributed by atoms with Crippen molar-refractivity contribution in [1.82, 2.24) is 9.88 Å². The Morgan fingerprint density at radius 2 is 2.20 bits per heavy atom. The second-order valence-electron chi connectivity index (χ2n) is 4.54. The summed E-state index contributed by atoms with van der Waals surface area (Å²) in [6, 6.07) is 1.21. The normalized spacial score (nSPS) is 11.9. The molecule has 1 rings (SSSR count). The van der Waals surface area contributed by atoms with E-state index in [0.29, 0.717) is 6.54 Å². The molecule has 1 aromatic rings. The van der Waals surface area contributed by atoms with Crippen LogP contribution in [0, 0.1) is 16.0 Å². The van der Waals surface area contributed by atoms with Crippen LogP contribution in [-0.2, 0) is 11.3 Å². The minimum absolute atomic E-state index is 0.0464. The third-order valence-electron chi connectivity index (χ3n) is 2.80. The van der Waals surface area contributed by atoms with Crippen LogP contribution in [0.25, 0.3) is 0 Å². The highest BCUT2D eigenvalue weighted by Gasteiger charge is 2.19. The number of rotatable bonds is 7. The lowest BCUT2D eigenvalue weighted by atomic mass is 10.1. The lowest BCUT2D eigenvalue weighted by Gasteiger charge is -2.11. The third-order valence-corrected chi connectivity index (χ3v) is 2.80. The third kappa shape index (κ3) is 4.08. The van der Waals surface area contributed by atoms with Gasteiger partial charge >= 0.3 is 5.97 Å². The number of nitrogens with one attached hydrogen (secondary N) is 1. The fraction of sp³-hybridized carbons (Fsp3) is 0.500. The minimum Gasteiger partial charge on any atom is -0.481 e. The Morgan fingerprint density at radius 3 is 2.70 bits per heavy atom. The molecule has 110 valence electrons. The van der Waals surface area contributed by atoms with E-state index in [0.717, 1.165) is 0 Å². The summed E-state index contributed by atoms with van der Waals surface area (Å²) in [7, 11) is 0. The molecule has 2 N–H and O–H groups in total. The van der Waals surface area contributed by atoms with E-state index >= 15 is 0 Å². The van der Waals surface area contributed by atoms with Gasteiger partial charge in [0.05, 0.1) is 11.1 Å². The van der Waals surface area contributed by atoms with Gasteiger partial charge in [-0.1, -0.05) is 6.92 Å². The largest absolute Gasteiger partial charge is 0.481 e. The number of nitro groups is 1. The number of carbonyl (C=O) groups excluding carboxylic acids is 1. The summed E-state index contributed by atoms with van der Waals surface area (Å²) in [6.07, 6.45) is 1.25. The summed E-state index contributed by atoms with van der Waals surface area (Å²) in [5, 5.41) is 21.9. The van der Waals surface area contributed by atoms with E-state index in [1.54, 1.807) is 13.8 Å². The zero-order chi connectivity index (χ0) is 15.3. The van der Waals surface area contributed by atoms with Gasteiger partial charge in [-0.2, -0.15) is 0 Å². The summed E-state index contributed by atoms with van der Waals surface area (Å²) >= 11 is 0. The van der Waals surface area contributed by atoms with E-state index in [1.807, 2.05) is 0 Å². The molecule has 1 unspecified atom stereocenters. The molecule has 1 aromatic heterocycles. The molecule has 0 saturated carbocycles. The van der Waals surface area contributed by atoms with Crippen molar-refractivity contribution in [2.45, 2.75) is 26.8 Å². The van der Waals surface area contributed by atoms with E-state index < -0.39 is 16.8 Å². The van der Waals surface area contributed by atoms with E-state index in [1.165, 1.54) is 16.8 Å². The first-order valence-electron chi connectivity index (χ1n) is 6.19. The van der Waals surface area contributed by atoms with Gasteiger partial charge in [-0.25, -0.2) is 0 Å². The lowest BCUT2D eigenvalue weighted by Crippen LogP contribution is -2.30. The molecular weight excluding hydrogens is 266 g/mol. The fourth-order valence-electron chi connectivity index (χ4n) is 1.77. The number of hydrogen-bond acceptors (Lipinski definition) is 4. The number of carboxylic acid groups (broad SMARTS) is 1. The van der Waals surface area contributed by atoms with Gasteiger partial charge < -0.3 is 15.0 Å². The van der Waals surface area contributed by atoms with Crippen molar-refractivity contribution in [3.8, 4) is 0 Å². The molecule has 20 heavy (non-hydrogen) atoms. The Kier molecular flexibility index (Phi) is 5.24. The number of aromatic nitrogens is 1.